The monoisotopic (exact) mass is 674 g/mol. The summed E-state index contributed by atoms with van der Waals surface area (Å²) in [6.45, 7) is 13.3. The van der Waals surface area contributed by atoms with Crippen molar-refractivity contribution in [2.45, 2.75) is 48.6 Å². The van der Waals surface area contributed by atoms with Crippen molar-refractivity contribution in [1.29, 1.82) is 0 Å². The molecule has 47 heavy (non-hydrogen) atoms. The van der Waals surface area contributed by atoms with Gasteiger partial charge in [-0.05, 0) is 51.2 Å². The Kier molecular flexibility index (Phi) is 10.3. The van der Waals surface area contributed by atoms with Gasteiger partial charge in [0, 0.05) is 61.9 Å². The van der Waals surface area contributed by atoms with E-state index in [1.165, 1.54) is 22.5 Å². The highest BCUT2D eigenvalue weighted by molar-refractivity contribution is 8.00. The molecule has 2 aliphatic heterocycles. The summed E-state index contributed by atoms with van der Waals surface area (Å²) in [5.41, 5.74) is 1.18. The predicted octanol–water partition coefficient (Wildman–Crippen LogP) is 7.89. The van der Waals surface area contributed by atoms with Crippen molar-refractivity contribution in [2.24, 2.45) is 5.92 Å². The van der Waals surface area contributed by atoms with Crippen LogP contribution in [0.4, 0.5) is 13.2 Å². The van der Waals surface area contributed by atoms with Gasteiger partial charge in [-0.1, -0.05) is 112 Å². The smallest absolute Gasteiger partial charge is 0.406 e. The molecule has 1 saturated heterocycles. The van der Waals surface area contributed by atoms with Gasteiger partial charge in [-0.25, -0.2) is 0 Å². The number of thioether (sulfide) groups is 1. The number of alkyl halides is 3. The average molecular weight is 675 g/mol. The molecule has 2 atom stereocenters. The van der Waals surface area contributed by atoms with Crippen LogP contribution in [0.15, 0.2) is 114 Å². The maximum Gasteiger partial charge on any atom is 0.416 e. The summed E-state index contributed by atoms with van der Waals surface area (Å²) in [5, 5.41) is 2.78. The third kappa shape index (κ3) is 7.42. The van der Waals surface area contributed by atoms with Crippen molar-refractivity contribution in [3.8, 4) is 0 Å². The molecule has 8 heteroatoms. The SMILES string of the molecule is CC(C)(C)[Si](OCCN1CCN(CC/C=C2\c3cc(C(F)(F)F)ccc3SC3C=CC=CC23)CC1)(c1ccccc1)c1ccccc1. The van der Waals surface area contributed by atoms with E-state index in [9.17, 15) is 13.2 Å². The minimum absolute atomic E-state index is 0.0432. The number of benzene rings is 3. The van der Waals surface area contributed by atoms with Crippen molar-refractivity contribution in [3.05, 3.63) is 120 Å². The van der Waals surface area contributed by atoms with Crippen LogP contribution in [0.1, 0.15) is 38.3 Å². The molecule has 0 spiro atoms. The van der Waals surface area contributed by atoms with Crippen molar-refractivity contribution < 1.29 is 17.6 Å². The van der Waals surface area contributed by atoms with Gasteiger partial charge in [-0.15, -0.1) is 11.8 Å². The fraction of sp³-hybridized carbons (Fsp3) is 0.385. The second kappa shape index (κ2) is 14.3. The van der Waals surface area contributed by atoms with Crippen LogP contribution < -0.4 is 10.4 Å². The second-order valence-electron chi connectivity index (χ2n) is 13.7. The van der Waals surface area contributed by atoms with Gasteiger partial charge in [0.15, 0.2) is 0 Å². The average Bonchev–Trinajstić information content (AvgIpc) is 3.06. The number of halogens is 3. The number of hydrogen-bond acceptors (Lipinski definition) is 4. The van der Waals surface area contributed by atoms with Gasteiger partial charge in [-0.2, -0.15) is 13.2 Å². The van der Waals surface area contributed by atoms with Gasteiger partial charge >= 0.3 is 6.18 Å². The zero-order valence-electron chi connectivity index (χ0n) is 27.5. The lowest BCUT2D eigenvalue weighted by Crippen LogP contribution is -2.67. The summed E-state index contributed by atoms with van der Waals surface area (Å²) in [7, 11) is -2.55. The summed E-state index contributed by atoms with van der Waals surface area (Å²) in [5.74, 6) is 0.0911. The quantitative estimate of drug-likeness (QED) is 0.215. The number of allylic oxidation sites excluding steroid dienone is 4. The lowest BCUT2D eigenvalue weighted by atomic mass is 9.85. The Balaban J connectivity index is 1.08. The highest BCUT2D eigenvalue weighted by Gasteiger charge is 2.50. The summed E-state index contributed by atoms with van der Waals surface area (Å²) in [6, 6.07) is 25.8. The largest absolute Gasteiger partial charge is 0.416 e. The Morgan fingerprint density at radius 2 is 1.40 bits per heavy atom. The zero-order valence-corrected chi connectivity index (χ0v) is 29.4. The number of rotatable bonds is 9. The maximum atomic E-state index is 13.6. The molecule has 1 fully saturated rings. The first kappa shape index (κ1) is 34.0. The van der Waals surface area contributed by atoms with Crippen LogP contribution in [0.5, 0.6) is 0 Å². The van der Waals surface area contributed by atoms with E-state index in [0.29, 0.717) is 6.61 Å². The molecule has 3 aromatic carbocycles. The van der Waals surface area contributed by atoms with E-state index in [-0.39, 0.29) is 16.2 Å². The topological polar surface area (TPSA) is 15.7 Å². The number of fused-ring (bicyclic) bond motifs is 2. The Morgan fingerprint density at radius 1 is 0.809 bits per heavy atom. The standard InChI is InChI=1S/C39H45F3N2OSSi/c1-38(2,3)47(31-13-6-4-7-14-31,32-15-8-5-9-16-32)45-28-27-44-25-23-43(24-26-44)22-12-18-33-34-17-10-11-19-36(34)46-37-21-20-30(29-35(33)37)39(40,41)42/h4-11,13-21,29,34,36H,12,22-28H2,1-3H3/b33-18-. The summed E-state index contributed by atoms with van der Waals surface area (Å²) >= 11 is 1.66. The van der Waals surface area contributed by atoms with Gasteiger partial charge < -0.3 is 9.33 Å². The molecule has 0 N–H and O–H groups in total. The second-order valence-corrected chi connectivity index (χ2v) is 19.3. The number of hydrogen-bond donors (Lipinski definition) is 0. The van der Waals surface area contributed by atoms with Gasteiger partial charge in [0.05, 0.1) is 5.56 Å². The van der Waals surface area contributed by atoms with Crippen molar-refractivity contribution in [1.82, 2.24) is 9.80 Å². The molecule has 2 unspecified atom stereocenters. The molecule has 0 bridgehead atoms. The van der Waals surface area contributed by atoms with E-state index >= 15 is 0 Å². The molecule has 0 radical (unpaired) electrons. The van der Waals surface area contributed by atoms with Crippen LogP contribution in [0.3, 0.4) is 0 Å². The zero-order chi connectivity index (χ0) is 33.1. The minimum atomic E-state index is -4.35. The minimum Gasteiger partial charge on any atom is -0.406 e. The molecular formula is C39H45F3N2OSSi. The first-order valence-electron chi connectivity index (χ1n) is 16.7. The third-order valence-corrected chi connectivity index (χ3v) is 16.1. The van der Waals surface area contributed by atoms with Crippen LogP contribution in [-0.4, -0.2) is 69.2 Å². The van der Waals surface area contributed by atoms with Gasteiger partial charge in [0.1, 0.15) is 0 Å². The predicted molar refractivity (Wildman–Crippen MR) is 192 cm³/mol. The summed E-state index contributed by atoms with van der Waals surface area (Å²) < 4.78 is 48.0. The molecule has 0 aromatic heterocycles. The van der Waals surface area contributed by atoms with E-state index < -0.39 is 20.1 Å². The number of piperazine rings is 1. The highest BCUT2D eigenvalue weighted by Crippen LogP contribution is 2.49. The summed E-state index contributed by atoms with van der Waals surface area (Å²) in [4.78, 5) is 5.92. The lowest BCUT2D eigenvalue weighted by molar-refractivity contribution is -0.137. The molecule has 3 aliphatic rings. The van der Waals surface area contributed by atoms with Crippen LogP contribution in [-0.2, 0) is 10.6 Å². The van der Waals surface area contributed by atoms with Crippen LogP contribution in [0, 0.1) is 5.92 Å². The van der Waals surface area contributed by atoms with E-state index in [1.54, 1.807) is 17.8 Å². The van der Waals surface area contributed by atoms with Gasteiger partial charge in [0.25, 0.3) is 8.32 Å². The molecular weight excluding hydrogens is 630 g/mol. The van der Waals surface area contributed by atoms with Crippen LogP contribution in [0.25, 0.3) is 5.57 Å². The molecule has 0 amide bonds. The molecule has 2 heterocycles. The van der Waals surface area contributed by atoms with E-state index in [4.69, 9.17) is 4.43 Å². The Hall–Kier alpha value is -2.88. The molecule has 3 nitrogen and oxygen atoms in total. The van der Waals surface area contributed by atoms with E-state index in [0.717, 1.165) is 61.7 Å². The van der Waals surface area contributed by atoms with Crippen molar-refractivity contribution >= 4 is 36.0 Å². The van der Waals surface area contributed by atoms with Crippen LogP contribution >= 0.6 is 11.8 Å². The Labute approximate surface area is 283 Å². The molecule has 0 saturated carbocycles. The molecule has 1 aliphatic carbocycles. The van der Waals surface area contributed by atoms with E-state index in [1.807, 2.05) is 12.2 Å². The van der Waals surface area contributed by atoms with Crippen molar-refractivity contribution in [2.75, 3.05) is 45.9 Å². The van der Waals surface area contributed by atoms with Gasteiger partial charge in [-0.3, -0.25) is 4.90 Å². The molecule has 3 aromatic rings. The Morgan fingerprint density at radius 3 is 2.00 bits per heavy atom. The lowest BCUT2D eigenvalue weighted by Gasteiger charge is -2.43. The molecule has 6 rings (SSSR count). The van der Waals surface area contributed by atoms with E-state index in [2.05, 4.69) is 109 Å². The fourth-order valence-electron chi connectivity index (χ4n) is 7.32. The normalized spacial score (nSPS) is 21.5. The fourth-order valence-corrected chi connectivity index (χ4v) is 13.2. The van der Waals surface area contributed by atoms with Gasteiger partial charge in [0.2, 0.25) is 0 Å². The third-order valence-electron chi connectivity index (χ3n) is 9.74. The highest BCUT2D eigenvalue weighted by atomic mass is 32.2. The maximum absolute atomic E-state index is 13.6. The molecule has 248 valence electrons. The Bertz CT molecular complexity index is 1550. The van der Waals surface area contributed by atoms with Crippen molar-refractivity contribution in [3.63, 3.8) is 0 Å². The summed E-state index contributed by atoms with van der Waals surface area (Å²) in [6.07, 6.45) is 7.03. The number of nitrogens with zero attached hydrogens (tertiary/aromatic N) is 2. The first-order valence-corrected chi connectivity index (χ1v) is 19.5. The van der Waals surface area contributed by atoms with Crippen LogP contribution in [0.2, 0.25) is 5.04 Å². The first-order chi connectivity index (χ1) is 22.6.